The van der Waals surface area contributed by atoms with Crippen LogP contribution in [0.1, 0.15) is 12.7 Å². The molecular formula is C12H15N3O3S. The topological polar surface area (TPSA) is 86.3 Å². The number of thiophene rings is 1. The molecule has 0 amide bonds. The molecule has 0 aromatic carbocycles. The van der Waals surface area contributed by atoms with Crippen molar-refractivity contribution in [2.24, 2.45) is 5.92 Å². The highest BCUT2D eigenvalue weighted by Crippen LogP contribution is 2.14. The first-order valence-electron chi connectivity index (χ1n) is 5.85. The van der Waals surface area contributed by atoms with Crippen LogP contribution in [-0.4, -0.2) is 39.5 Å². The SMILES string of the molecule is CC(CN(C)Cc1nc2ccsc2c(=O)[nH]1)C(=O)O. The van der Waals surface area contributed by atoms with E-state index in [1.807, 2.05) is 10.3 Å². The van der Waals surface area contributed by atoms with Gasteiger partial charge >= 0.3 is 5.97 Å². The van der Waals surface area contributed by atoms with Crippen molar-refractivity contribution in [3.63, 3.8) is 0 Å². The van der Waals surface area contributed by atoms with Crippen molar-refractivity contribution in [1.29, 1.82) is 0 Å². The number of nitrogens with one attached hydrogen (secondary N) is 1. The molecule has 0 spiro atoms. The molecule has 2 aromatic rings. The Balaban J connectivity index is 2.12. The second-order valence-corrected chi connectivity index (χ2v) is 5.50. The molecule has 2 aromatic heterocycles. The van der Waals surface area contributed by atoms with E-state index in [2.05, 4.69) is 9.97 Å². The Morgan fingerprint density at radius 3 is 3.05 bits per heavy atom. The van der Waals surface area contributed by atoms with E-state index in [4.69, 9.17) is 5.11 Å². The number of aliphatic carboxylic acids is 1. The number of carboxylic acids is 1. The van der Waals surface area contributed by atoms with Crippen LogP contribution in [-0.2, 0) is 11.3 Å². The average Bonchev–Trinajstić information content (AvgIpc) is 2.77. The van der Waals surface area contributed by atoms with Gasteiger partial charge in [-0.2, -0.15) is 0 Å². The van der Waals surface area contributed by atoms with Gasteiger partial charge in [-0.05, 0) is 18.5 Å². The van der Waals surface area contributed by atoms with Crippen molar-refractivity contribution in [3.05, 3.63) is 27.6 Å². The molecule has 0 aliphatic heterocycles. The Morgan fingerprint density at radius 2 is 2.37 bits per heavy atom. The molecule has 7 heteroatoms. The number of H-pyrrole nitrogens is 1. The summed E-state index contributed by atoms with van der Waals surface area (Å²) in [7, 11) is 1.80. The molecule has 2 N–H and O–H groups in total. The second kappa shape index (κ2) is 5.50. The Bertz CT molecular complexity index is 649. The van der Waals surface area contributed by atoms with Crippen LogP contribution in [0.2, 0.25) is 0 Å². The van der Waals surface area contributed by atoms with Crippen LogP contribution >= 0.6 is 11.3 Å². The van der Waals surface area contributed by atoms with Crippen LogP contribution < -0.4 is 5.56 Å². The quantitative estimate of drug-likeness (QED) is 0.858. The number of carboxylic acid groups (broad SMARTS) is 1. The highest BCUT2D eigenvalue weighted by molar-refractivity contribution is 7.17. The van der Waals surface area contributed by atoms with Gasteiger partial charge in [0.05, 0.1) is 18.0 Å². The van der Waals surface area contributed by atoms with Crippen molar-refractivity contribution in [2.75, 3.05) is 13.6 Å². The van der Waals surface area contributed by atoms with Gasteiger partial charge in [-0.3, -0.25) is 14.5 Å². The van der Waals surface area contributed by atoms with Crippen LogP contribution in [0.5, 0.6) is 0 Å². The normalized spacial score (nSPS) is 13.0. The van der Waals surface area contributed by atoms with Gasteiger partial charge in [0.1, 0.15) is 10.5 Å². The molecule has 0 bridgehead atoms. The third kappa shape index (κ3) is 3.18. The molecule has 2 heterocycles. The molecule has 0 saturated heterocycles. The fourth-order valence-electron chi connectivity index (χ4n) is 1.86. The summed E-state index contributed by atoms with van der Waals surface area (Å²) in [6, 6.07) is 1.80. The maximum absolute atomic E-state index is 11.8. The zero-order valence-electron chi connectivity index (χ0n) is 10.7. The standard InChI is InChI=1S/C12H15N3O3S/c1-7(12(17)18)5-15(2)6-9-13-8-3-4-19-10(8)11(16)14-9/h3-4,7H,5-6H2,1-2H3,(H,17,18)(H,13,14,16). The maximum atomic E-state index is 11.8. The van der Waals surface area contributed by atoms with Gasteiger partial charge in [-0.15, -0.1) is 11.3 Å². The van der Waals surface area contributed by atoms with Crippen LogP contribution in [0.25, 0.3) is 10.2 Å². The molecule has 2 rings (SSSR count). The predicted molar refractivity (Wildman–Crippen MR) is 73.4 cm³/mol. The van der Waals surface area contributed by atoms with E-state index in [-0.39, 0.29) is 5.56 Å². The number of aromatic nitrogens is 2. The highest BCUT2D eigenvalue weighted by atomic mass is 32.1. The molecule has 6 nitrogen and oxygen atoms in total. The van der Waals surface area contributed by atoms with Gasteiger partial charge in [-0.25, -0.2) is 4.98 Å². The zero-order chi connectivity index (χ0) is 14.0. The zero-order valence-corrected chi connectivity index (χ0v) is 11.5. The van der Waals surface area contributed by atoms with Crippen molar-refractivity contribution in [2.45, 2.75) is 13.5 Å². The number of carbonyl (C=O) groups is 1. The fraction of sp³-hybridized carbons (Fsp3) is 0.417. The third-order valence-corrected chi connectivity index (χ3v) is 3.69. The average molecular weight is 281 g/mol. The summed E-state index contributed by atoms with van der Waals surface area (Å²) in [5.74, 6) is -0.737. The Morgan fingerprint density at radius 1 is 1.63 bits per heavy atom. The largest absolute Gasteiger partial charge is 0.481 e. The minimum atomic E-state index is -0.832. The van der Waals surface area contributed by atoms with E-state index >= 15 is 0 Å². The highest BCUT2D eigenvalue weighted by Gasteiger charge is 2.14. The molecule has 102 valence electrons. The minimum absolute atomic E-state index is 0.144. The number of fused-ring (bicyclic) bond motifs is 1. The lowest BCUT2D eigenvalue weighted by molar-refractivity contribution is -0.141. The molecule has 0 fully saturated rings. The van der Waals surface area contributed by atoms with Crippen LogP contribution in [0, 0.1) is 5.92 Å². The van der Waals surface area contributed by atoms with E-state index in [0.717, 1.165) is 0 Å². The molecule has 19 heavy (non-hydrogen) atoms. The maximum Gasteiger partial charge on any atom is 0.307 e. The van der Waals surface area contributed by atoms with Gasteiger partial charge in [0.15, 0.2) is 0 Å². The first-order chi connectivity index (χ1) is 8.97. The number of nitrogens with zero attached hydrogens (tertiary/aromatic N) is 2. The molecule has 0 radical (unpaired) electrons. The third-order valence-electron chi connectivity index (χ3n) is 2.79. The van der Waals surface area contributed by atoms with Crippen LogP contribution in [0.4, 0.5) is 0 Å². The first kappa shape index (κ1) is 13.7. The Kier molecular flexibility index (Phi) is 3.96. The van der Waals surface area contributed by atoms with E-state index in [0.29, 0.717) is 29.1 Å². The van der Waals surface area contributed by atoms with Crippen molar-refractivity contribution in [1.82, 2.24) is 14.9 Å². The fourth-order valence-corrected chi connectivity index (χ4v) is 2.59. The molecule has 0 aliphatic rings. The monoisotopic (exact) mass is 281 g/mol. The summed E-state index contributed by atoms with van der Waals surface area (Å²) in [6.07, 6.45) is 0. The second-order valence-electron chi connectivity index (χ2n) is 4.58. The van der Waals surface area contributed by atoms with Crippen molar-refractivity contribution >= 4 is 27.5 Å². The first-order valence-corrected chi connectivity index (χ1v) is 6.73. The van der Waals surface area contributed by atoms with E-state index in [1.54, 1.807) is 20.0 Å². The molecule has 0 saturated carbocycles. The summed E-state index contributed by atoms with van der Waals surface area (Å²) in [5.41, 5.74) is 0.540. The van der Waals surface area contributed by atoms with Crippen LogP contribution in [0.3, 0.4) is 0 Å². The van der Waals surface area contributed by atoms with Gasteiger partial charge in [0, 0.05) is 6.54 Å². The Labute approximate surface area is 113 Å². The lowest BCUT2D eigenvalue weighted by Gasteiger charge is -2.18. The van der Waals surface area contributed by atoms with Gasteiger partial charge in [-0.1, -0.05) is 6.92 Å². The number of rotatable bonds is 5. The van der Waals surface area contributed by atoms with E-state index < -0.39 is 11.9 Å². The van der Waals surface area contributed by atoms with Gasteiger partial charge in [0.2, 0.25) is 0 Å². The molecule has 1 atom stereocenters. The summed E-state index contributed by atoms with van der Waals surface area (Å²) >= 11 is 1.36. The van der Waals surface area contributed by atoms with Crippen LogP contribution in [0.15, 0.2) is 16.2 Å². The van der Waals surface area contributed by atoms with Crippen molar-refractivity contribution in [3.8, 4) is 0 Å². The summed E-state index contributed by atoms with van der Waals surface area (Å²) in [4.78, 5) is 31.5. The van der Waals surface area contributed by atoms with Gasteiger partial charge in [0.25, 0.3) is 5.56 Å². The molecular weight excluding hydrogens is 266 g/mol. The Hall–Kier alpha value is -1.73. The number of hydrogen-bond donors (Lipinski definition) is 2. The number of hydrogen-bond acceptors (Lipinski definition) is 5. The lowest BCUT2D eigenvalue weighted by atomic mass is 10.2. The summed E-state index contributed by atoms with van der Waals surface area (Å²) in [5, 5.41) is 10.7. The van der Waals surface area contributed by atoms with E-state index in [1.165, 1.54) is 11.3 Å². The van der Waals surface area contributed by atoms with E-state index in [9.17, 15) is 9.59 Å². The van der Waals surface area contributed by atoms with Gasteiger partial charge < -0.3 is 10.1 Å². The summed E-state index contributed by atoms with van der Waals surface area (Å²) in [6.45, 7) is 2.47. The predicted octanol–water partition coefficient (Wildman–Crippen LogP) is 1.14. The summed E-state index contributed by atoms with van der Waals surface area (Å²) < 4.78 is 0.616. The smallest absolute Gasteiger partial charge is 0.307 e. The molecule has 0 aliphatic carbocycles. The molecule has 1 unspecified atom stereocenters. The lowest BCUT2D eigenvalue weighted by Crippen LogP contribution is -2.29. The minimum Gasteiger partial charge on any atom is -0.481 e. The van der Waals surface area contributed by atoms with Crippen molar-refractivity contribution < 1.29 is 9.90 Å². The number of aromatic amines is 1.